The van der Waals surface area contributed by atoms with Gasteiger partial charge in [0.25, 0.3) is 5.91 Å². The van der Waals surface area contributed by atoms with Gasteiger partial charge < -0.3 is 4.90 Å². The van der Waals surface area contributed by atoms with Gasteiger partial charge in [-0.05, 0) is 24.1 Å². The number of hydrogen-bond acceptors (Lipinski definition) is 2. The number of halogens is 1. The normalized spacial score (nSPS) is 10.3. The zero-order chi connectivity index (χ0) is 13.8. The Hall–Kier alpha value is -2.23. The molecule has 4 heteroatoms. The molecular formula is C15H15FN2O. The Morgan fingerprint density at radius 1 is 1.32 bits per heavy atom. The molecule has 98 valence electrons. The van der Waals surface area contributed by atoms with E-state index in [1.54, 1.807) is 7.05 Å². The van der Waals surface area contributed by atoms with E-state index < -0.39 is 5.82 Å². The van der Waals surface area contributed by atoms with Gasteiger partial charge in [0.1, 0.15) is 0 Å². The van der Waals surface area contributed by atoms with Gasteiger partial charge in [-0.15, -0.1) is 0 Å². The summed E-state index contributed by atoms with van der Waals surface area (Å²) < 4.78 is 13.5. The number of aromatic nitrogens is 1. The molecule has 0 spiro atoms. The number of carbonyl (C=O) groups is 1. The van der Waals surface area contributed by atoms with E-state index in [1.807, 2.05) is 31.2 Å². The van der Waals surface area contributed by atoms with Crippen LogP contribution in [0, 0.1) is 12.7 Å². The number of hydrogen-bond donors (Lipinski definition) is 0. The van der Waals surface area contributed by atoms with Crippen molar-refractivity contribution in [1.82, 2.24) is 9.88 Å². The summed E-state index contributed by atoms with van der Waals surface area (Å²) in [6.07, 6.45) is 2.47. The number of benzene rings is 1. The van der Waals surface area contributed by atoms with Gasteiger partial charge in [0.05, 0.1) is 11.8 Å². The SMILES string of the molecule is Cc1ccccc1CN(C)C(=O)c1ccncc1F. The smallest absolute Gasteiger partial charge is 0.256 e. The molecule has 1 aromatic heterocycles. The predicted molar refractivity (Wildman–Crippen MR) is 71.2 cm³/mol. The van der Waals surface area contributed by atoms with Crippen LogP contribution in [0.5, 0.6) is 0 Å². The molecular weight excluding hydrogens is 243 g/mol. The molecule has 2 rings (SSSR count). The highest BCUT2D eigenvalue weighted by molar-refractivity contribution is 5.94. The zero-order valence-corrected chi connectivity index (χ0v) is 10.9. The van der Waals surface area contributed by atoms with Crippen molar-refractivity contribution in [1.29, 1.82) is 0 Å². The first-order valence-corrected chi connectivity index (χ1v) is 5.99. The largest absolute Gasteiger partial charge is 0.337 e. The summed E-state index contributed by atoms with van der Waals surface area (Å²) in [7, 11) is 1.66. The van der Waals surface area contributed by atoms with E-state index in [9.17, 15) is 9.18 Å². The molecule has 3 nitrogen and oxygen atoms in total. The van der Waals surface area contributed by atoms with Crippen molar-refractivity contribution in [3.63, 3.8) is 0 Å². The Morgan fingerprint density at radius 2 is 2.05 bits per heavy atom. The summed E-state index contributed by atoms with van der Waals surface area (Å²) in [6.45, 7) is 2.44. The van der Waals surface area contributed by atoms with Gasteiger partial charge in [0.15, 0.2) is 5.82 Å². The Bertz CT molecular complexity index is 598. The summed E-state index contributed by atoms with van der Waals surface area (Å²) in [5.74, 6) is -0.938. The molecule has 1 aromatic carbocycles. The van der Waals surface area contributed by atoms with E-state index in [2.05, 4.69) is 4.98 Å². The third-order valence-electron chi connectivity index (χ3n) is 3.02. The van der Waals surface area contributed by atoms with Crippen molar-refractivity contribution in [3.8, 4) is 0 Å². The second-order valence-corrected chi connectivity index (χ2v) is 4.44. The second kappa shape index (κ2) is 5.61. The summed E-state index contributed by atoms with van der Waals surface area (Å²) in [4.78, 5) is 17.3. The molecule has 0 N–H and O–H groups in total. The Morgan fingerprint density at radius 3 is 2.74 bits per heavy atom. The van der Waals surface area contributed by atoms with Crippen LogP contribution in [0.15, 0.2) is 42.7 Å². The highest BCUT2D eigenvalue weighted by atomic mass is 19.1. The summed E-state index contributed by atoms with van der Waals surface area (Å²) in [6, 6.07) is 9.21. The molecule has 0 fully saturated rings. The number of pyridine rings is 1. The predicted octanol–water partition coefficient (Wildman–Crippen LogP) is 2.80. The molecule has 0 aliphatic heterocycles. The van der Waals surface area contributed by atoms with Crippen LogP contribution in [0.2, 0.25) is 0 Å². The number of rotatable bonds is 3. The minimum Gasteiger partial charge on any atom is -0.337 e. The lowest BCUT2D eigenvalue weighted by Gasteiger charge is -2.18. The van der Waals surface area contributed by atoms with Crippen molar-refractivity contribution >= 4 is 5.91 Å². The van der Waals surface area contributed by atoms with Crippen LogP contribution in [0.3, 0.4) is 0 Å². The lowest BCUT2D eigenvalue weighted by Crippen LogP contribution is -2.27. The molecule has 0 unspecified atom stereocenters. The minimum absolute atomic E-state index is 0.0473. The molecule has 0 saturated heterocycles. The Labute approximate surface area is 111 Å². The first kappa shape index (κ1) is 13.2. The molecule has 1 amide bonds. The van der Waals surface area contributed by atoms with Crippen LogP contribution in [0.4, 0.5) is 4.39 Å². The number of aryl methyl sites for hydroxylation is 1. The highest BCUT2D eigenvalue weighted by Crippen LogP contribution is 2.13. The van der Waals surface area contributed by atoms with Crippen molar-refractivity contribution < 1.29 is 9.18 Å². The number of carbonyl (C=O) groups excluding carboxylic acids is 1. The van der Waals surface area contributed by atoms with Crippen LogP contribution in [0.25, 0.3) is 0 Å². The van der Waals surface area contributed by atoms with E-state index in [1.165, 1.54) is 17.2 Å². The first-order chi connectivity index (χ1) is 9.09. The van der Waals surface area contributed by atoms with Gasteiger partial charge >= 0.3 is 0 Å². The van der Waals surface area contributed by atoms with E-state index in [0.29, 0.717) is 6.54 Å². The Balaban J connectivity index is 2.17. The maximum atomic E-state index is 13.5. The van der Waals surface area contributed by atoms with Crippen LogP contribution < -0.4 is 0 Å². The van der Waals surface area contributed by atoms with Gasteiger partial charge in [0.2, 0.25) is 0 Å². The van der Waals surface area contributed by atoms with Crippen molar-refractivity contribution in [2.45, 2.75) is 13.5 Å². The maximum Gasteiger partial charge on any atom is 0.256 e. The van der Waals surface area contributed by atoms with Crippen LogP contribution in [0.1, 0.15) is 21.5 Å². The fourth-order valence-corrected chi connectivity index (χ4v) is 1.87. The van der Waals surface area contributed by atoms with Crippen LogP contribution >= 0.6 is 0 Å². The number of amides is 1. The van der Waals surface area contributed by atoms with E-state index in [4.69, 9.17) is 0 Å². The van der Waals surface area contributed by atoms with Crippen molar-refractivity contribution in [2.75, 3.05) is 7.05 Å². The van der Waals surface area contributed by atoms with Gasteiger partial charge in [0, 0.05) is 19.8 Å². The fourth-order valence-electron chi connectivity index (χ4n) is 1.87. The summed E-state index contributed by atoms with van der Waals surface area (Å²) in [5.41, 5.74) is 2.20. The third-order valence-corrected chi connectivity index (χ3v) is 3.02. The van der Waals surface area contributed by atoms with E-state index >= 15 is 0 Å². The van der Waals surface area contributed by atoms with E-state index in [-0.39, 0.29) is 11.5 Å². The van der Waals surface area contributed by atoms with Crippen LogP contribution in [-0.2, 0) is 6.54 Å². The average Bonchev–Trinajstić information content (AvgIpc) is 2.41. The van der Waals surface area contributed by atoms with Gasteiger partial charge in [-0.2, -0.15) is 0 Å². The van der Waals surface area contributed by atoms with Crippen molar-refractivity contribution in [3.05, 3.63) is 65.2 Å². The second-order valence-electron chi connectivity index (χ2n) is 4.44. The van der Waals surface area contributed by atoms with Gasteiger partial charge in [-0.3, -0.25) is 9.78 Å². The molecule has 0 aliphatic rings. The first-order valence-electron chi connectivity index (χ1n) is 5.99. The molecule has 0 aliphatic carbocycles. The average molecular weight is 258 g/mol. The molecule has 19 heavy (non-hydrogen) atoms. The Kier molecular flexibility index (Phi) is 3.90. The molecule has 0 radical (unpaired) electrons. The summed E-state index contributed by atoms with van der Waals surface area (Å²) in [5, 5.41) is 0. The van der Waals surface area contributed by atoms with Gasteiger partial charge in [-0.1, -0.05) is 24.3 Å². The molecule has 0 saturated carbocycles. The molecule has 2 aromatic rings. The molecule has 0 atom stereocenters. The zero-order valence-electron chi connectivity index (χ0n) is 10.9. The highest BCUT2D eigenvalue weighted by Gasteiger charge is 2.16. The minimum atomic E-state index is -0.593. The maximum absolute atomic E-state index is 13.5. The van der Waals surface area contributed by atoms with Crippen molar-refractivity contribution in [2.24, 2.45) is 0 Å². The standard InChI is InChI=1S/C15H15FN2O/c1-11-5-3-4-6-12(11)10-18(2)15(19)13-7-8-17-9-14(13)16/h3-9H,10H2,1-2H3. The molecule has 1 heterocycles. The topological polar surface area (TPSA) is 33.2 Å². The molecule has 0 bridgehead atoms. The lowest BCUT2D eigenvalue weighted by atomic mass is 10.1. The monoisotopic (exact) mass is 258 g/mol. The van der Waals surface area contributed by atoms with Crippen LogP contribution in [-0.4, -0.2) is 22.8 Å². The number of nitrogens with zero attached hydrogens (tertiary/aromatic N) is 2. The van der Waals surface area contributed by atoms with Gasteiger partial charge in [-0.25, -0.2) is 4.39 Å². The lowest BCUT2D eigenvalue weighted by molar-refractivity contribution is 0.0780. The quantitative estimate of drug-likeness (QED) is 0.848. The summed E-state index contributed by atoms with van der Waals surface area (Å²) >= 11 is 0. The fraction of sp³-hybridized carbons (Fsp3) is 0.200. The third kappa shape index (κ3) is 2.96. The van der Waals surface area contributed by atoms with E-state index in [0.717, 1.165) is 17.3 Å².